The molecule has 0 aromatic heterocycles. The summed E-state index contributed by atoms with van der Waals surface area (Å²) in [7, 11) is 0. The van der Waals surface area contributed by atoms with Crippen molar-refractivity contribution >= 4 is 28.5 Å². The van der Waals surface area contributed by atoms with Crippen LogP contribution in [0.1, 0.15) is 27.0 Å². The smallest absolute Gasteiger partial charge is 0.197 e. The highest BCUT2D eigenvalue weighted by Crippen LogP contribution is 2.29. The van der Waals surface area contributed by atoms with E-state index in [1.54, 1.807) is 0 Å². The quantitative estimate of drug-likeness (QED) is 0.346. The molecule has 4 aromatic rings. The molecule has 0 aliphatic carbocycles. The Hall–Kier alpha value is -3.85. The van der Waals surface area contributed by atoms with Crippen LogP contribution in [0.2, 0.25) is 0 Å². The van der Waals surface area contributed by atoms with Gasteiger partial charge < -0.3 is 10.6 Å². The largest absolute Gasteiger partial charge is 0.355 e. The molecule has 148 valence electrons. The summed E-state index contributed by atoms with van der Waals surface area (Å²) >= 11 is 0. The first-order valence-corrected chi connectivity index (χ1v) is 10.0. The predicted octanol–water partition coefficient (Wildman–Crippen LogP) is 7.02. The third-order valence-corrected chi connectivity index (χ3v) is 5.17. The predicted molar refractivity (Wildman–Crippen MR) is 125 cm³/mol. The summed E-state index contributed by atoms with van der Waals surface area (Å²) in [4.78, 5) is 13.6. The minimum Gasteiger partial charge on any atom is -0.355 e. The highest BCUT2D eigenvalue weighted by Gasteiger charge is 2.17. The Balaban J connectivity index is 1.70. The molecule has 0 spiro atoms. The number of benzene rings is 4. The van der Waals surface area contributed by atoms with Crippen LogP contribution >= 0.6 is 0 Å². The van der Waals surface area contributed by atoms with E-state index in [2.05, 4.69) is 10.6 Å². The van der Waals surface area contributed by atoms with Gasteiger partial charge in [-0.05, 0) is 61.4 Å². The molecule has 0 bridgehead atoms. The molecule has 0 aliphatic rings. The van der Waals surface area contributed by atoms with Crippen molar-refractivity contribution in [3.05, 3.63) is 119 Å². The normalized spacial score (nSPS) is 10.5. The maximum absolute atomic E-state index is 13.6. The minimum absolute atomic E-state index is 0.0247. The van der Waals surface area contributed by atoms with E-state index < -0.39 is 0 Å². The van der Waals surface area contributed by atoms with Crippen LogP contribution in [0.5, 0.6) is 0 Å². The van der Waals surface area contributed by atoms with Crippen molar-refractivity contribution in [2.24, 2.45) is 0 Å². The van der Waals surface area contributed by atoms with Gasteiger partial charge in [0.2, 0.25) is 0 Å². The summed E-state index contributed by atoms with van der Waals surface area (Å²) in [6, 6.07) is 31.4. The van der Waals surface area contributed by atoms with Crippen LogP contribution in [0.25, 0.3) is 0 Å². The molecule has 2 N–H and O–H groups in total. The Bertz CT molecular complexity index is 1100. The number of hydrogen-bond donors (Lipinski definition) is 2. The van der Waals surface area contributed by atoms with Crippen molar-refractivity contribution in [2.75, 3.05) is 10.6 Å². The van der Waals surface area contributed by atoms with Gasteiger partial charge in [-0.3, -0.25) is 4.79 Å². The van der Waals surface area contributed by atoms with E-state index in [0.717, 1.165) is 33.9 Å². The second kappa shape index (κ2) is 8.66. The van der Waals surface area contributed by atoms with Gasteiger partial charge in [-0.2, -0.15) is 0 Å². The van der Waals surface area contributed by atoms with Crippen LogP contribution in [0.4, 0.5) is 22.7 Å². The molecule has 30 heavy (non-hydrogen) atoms. The third kappa shape index (κ3) is 4.11. The lowest BCUT2D eigenvalue weighted by atomic mass is 9.99. The number of anilines is 4. The molecule has 0 aliphatic heterocycles. The molecule has 0 unspecified atom stereocenters. The fraction of sp³-hybridized carbons (Fsp3) is 0.0741. The molecule has 0 saturated heterocycles. The average molecular weight is 393 g/mol. The highest BCUT2D eigenvalue weighted by molar-refractivity contribution is 6.15. The second-order valence-corrected chi connectivity index (χ2v) is 7.30. The Kier molecular flexibility index (Phi) is 5.62. The Labute approximate surface area is 177 Å². The molecule has 0 fully saturated rings. The summed E-state index contributed by atoms with van der Waals surface area (Å²) in [6.45, 7) is 4.10. The number of ketones is 1. The molecular formula is C27H24N2O. The first kappa shape index (κ1) is 19.5. The van der Waals surface area contributed by atoms with Crippen molar-refractivity contribution < 1.29 is 4.79 Å². The monoisotopic (exact) mass is 392 g/mol. The van der Waals surface area contributed by atoms with Gasteiger partial charge in [0.05, 0.1) is 0 Å². The van der Waals surface area contributed by atoms with Crippen molar-refractivity contribution in [1.82, 2.24) is 0 Å². The SMILES string of the molecule is Cc1ccccc1Nc1ccccc1C(=O)c1ccccc1Nc1ccccc1C. The van der Waals surface area contributed by atoms with Crippen LogP contribution in [0, 0.1) is 13.8 Å². The Morgan fingerprint density at radius 1 is 0.500 bits per heavy atom. The first-order chi connectivity index (χ1) is 14.6. The number of carbonyl (C=O) groups excluding carboxylic acids is 1. The van der Waals surface area contributed by atoms with Crippen LogP contribution in [0.3, 0.4) is 0 Å². The average Bonchev–Trinajstić information content (AvgIpc) is 2.77. The number of aryl methyl sites for hydroxylation is 2. The van der Waals surface area contributed by atoms with Gasteiger partial charge in [0.15, 0.2) is 5.78 Å². The third-order valence-electron chi connectivity index (χ3n) is 5.17. The topological polar surface area (TPSA) is 41.1 Å². The van der Waals surface area contributed by atoms with Crippen LogP contribution in [-0.4, -0.2) is 5.78 Å². The Morgan fingerprint density at radius 2 is 0.833 bits per heavy atom. The zero-order valence-electron chi connectivity index (χ0n) is 17.1. The number of nitrogens with one attached hydrogen (secondary N) is 2. The summed E-state index contributed by atoms with van der Waals surface area (Å²) in [5.74, 6) is -0.0247. The van der Waals surface area contributed by atoms with E-state index in [9.17, 15) is 4.79 Å². The standard InChI is InChI=1S/C27H24N2O/c1-19-11-3-7-15-23(19)28-25-17-9-5-13-21(25)27(30)22-14-6-10-18-26(22)29-24-16-8-4-12-20(24)2/h3-18,28-29H,1-2H3. The number of rotatable bonds is 6. The maximum atomic E-state index is 13.6. The van der Waals surface area contributed by atoms with Gasteiger partial charge in [-0.15, -0.1) is 0 Å². The zero-order valence-corrected chi connectivity index (χ0v) is 17.1. The van der Waals surface area contributed by atoms with Gasteiger partial charge in [0.1, 0.15) is 0 Å². The summed E-state index contributed by atoms with van der Waals surface area (Å²) in [6.07, 6.45) is 0. The Morgan fingerprint density at radius 3 is 1.23 bits per heavy atom. The molecule has 0 atom stereocenters. The van der Waals surface area contributed by atoms with E-state index in [1.165, 1.54) is 0 Å². The molecule has 0 amide bonds. The lowest BCUT2D eigenvalue weighted by Gasteiger charge is -2.16. The highest BCUT2D eigenvalue weighted by atomic mass is 16.1. The number of carbonyl (C=O) groups is 1. The lowest BCUT2D eigenvalue weighted by Crippen LogP contribution is -2.08. The van der Waals surface area contributed by atoms with Gasteiger partial charge in [0.25, 0.3) is 0 Å². The number of hydrogen-bond acceptors (Lipinski definition) is 3. The minimum atomic E-state index is -0.0247. The zero-order chi connectivity index (χ0) is 20.9. The van der Waals surface area contributed by atoms with Gasteiger partial charge in [-0.1, -0.05) is 60.7 Å². The van der Waals surface area contributed by atoms with E-state index in [4.69, 9.17) is 0 Å². The van der Waals surface area contributed by atoms with Gasteiger partial charge >= 0.3 is 0 Å². The second-order valence-electron chi connectivity index (χ2n) is 7.30. The van der Waals surface area contributed by atoms with E-state index >= 15 is 0 Å². The summed E-state index contributed by atoms with van der Waals surface area (Å²) < 4.78 is 0. The van der Waals surface area contributed by atoms with Crippen LogP contribution < -0.4 is 10.6 Å². The lowest BCUT2D eigenvalue weighted by molar-refractivity contribution is 0.104. The molecule has 4 aromatic carbocycles. The fourth-order valence-corrected chi connectivity index (χ4v) is 3.44. The van der Waals surface area contributed by atoms with Crippen LogP contribution in [-0.2, 0) is 0 Å². The van der Waals surface area contributed by atoms with Crippen molar-refractivity contribution in [3.8, 4) is 0 Å². The molecule has 0 heterocycles. The fourth-order valence-electron chi connectivity index (χ4n) is 3.44. The van der Waals surface area contributed by atoms with Gasteiger partial charge in [-0.25, -0.2) is 0 Å². The molecular weight excluding hydrogens is 368 g/mol. The summed E-state index contributed by atoms with van der Waals surface area (Å²) in [5, 5.41) is 6.86. The van der Waals surface area contributed by atoms with Crippen LogP contribution in [0.15, 0.2) is 97.1 Å². The van der Waals surface area contributed by atoms with E-state index in [-0.39, 0.29) is 5.78 Å². The molecule has 0 radical (unpaired) electrons. The first-order valence-electron chi connectivity index (χ1n) is 10.0. The number of para-hydroxylation sites is 4. The van der Waals surface area contributed by atoms with E-state index in [1.807, 2.05) is 111 Å². The summed E-state index contributed by atoms with van der Waals surface area (Å²) in [5.41, 5.74) is 7.10. The van der Waals surface area contributed by atoms with Crippen molar-refractivity contribution in [3.63, 3.8) is 0 Å². The van der Waals surface area contributed by atoms with Crippen molar-refractivity contribution in [2.45, 2.75) is 13.8 Å². The maximum Gasteiger partial charge on any atom is 0.197 e. The van der Waals surface area contributed by atoms with Gasteiger partial charge in [0, 0.05) is 33.9 Å². The van der Waals surface area contributed by atoms with E-state index in [0.29, 0.717) is 11.1 Å². The molecule has 0 saturated carbocycles. The molecule has 4 rings (SSSR count). The molecule has 3 heteroatoms. The molecule has 3 nitrogen and oxygen atoms in total. The van der Waals surface area contributed by atoms with Crippen molar-refractivity contribution in [1.29, 1.82) is 0 Å².